The number of carbonyl (C=O) groups excluding carboxylic acids is 2. The van der Waals surface area contributed by atoms with Crippen LogP contribution >= 0.6 is 69.9 Å². The summed E-state index contributed by atoms with van der Waals surface area (Å²) in [6.45, 7) is 2.62. The number of rotatable bonds is 12. The molecular formula is C52H50Cl4F2N8O4S2. The van der Waals surface area contributed by atoms with Crippen molar-refractivity contribution in [3.63, 3.8) is 0 Å². The van der Waals surface area contributed by atoms with Gasteiger partial charge >= 0.3 is 0 Å². The minimum atomic E-state index is -0.290. The molecule has 0 saturated carbocycles. The zero-order valence-electron chi connectivity index (χ0n) is 39.3. The Morgan fingerprint density at radius 3 is 1.40 bits per heavy atom. The Balaban J connectivity index is 0.000000178. The summed E-state index contributed by atoms with van der Waals surface area (Å²) >= 11 is 28.9. The molecule has 2 fully saturated rings. The third-order valence-corrected chi connectivity index (χ3v) is 15.8. The first-order chi connectivity index (χ1) is 34.9. The monoisotopic (exact) mass is 1090 g/mol. The average Bonchev–Trinajstić information content (AvgIpc) is 4.18. The number of carbonyl (C=O) groups is 2. The van der Waals surface area contributed by atoms with E-state index in [-0.39, 0.29) is 35.5 Å². The fourth-order valence-electron chi connectivity index (χ4n) is 9.32. The predicted molar refractivity (Wildman–Crippen MR) is 286 cm³/mol. The molecule has 0 radical (unpaired) electrons. The van der Waals surface area contributed by atoms with Gasteiger partial charge in [-0.3, -0.25) is 20.4 Å². The van der Waals surface area contributed by atoms with E-state index in [0.717, 1.165) is 83.6 Å². The smallest absolute Gasteiger partial charge is 0.286 e. The Kier molecular flexibility index (Phi) is 17.1. The summed E-state index contributed by atoms with van der Waals surface area (Å²) in [6, 6.07) is 23.3. The maximum Gasteiger partial charge on any atom is 0.286 e. The molecule has 10 rings (SSSR count). The van der Waals surface area contributed by atoms with Gasteiger partial charge in [-0.25, -0.2) is 28.2 Å². The molecule has 6 aromatic rings. The van der Waals surface area contributed by atoms with E-state index in [2.05, 4.69) is 10.9 Å². The van der Waals surface area contributed by atoms with Gasteiger partial charge in [-0.2, -0.15) is 33.7 Å². The van der Waals surface area contributed by atoms with Gasteiger partial charge in [0.2, 0.25) is 0 Å². The van der Waals surface area contributed by atoms with Crippen molar-refractivity contribution in [2.24, 2.45) is 0 Å². The normalized spacial score (nSPS) is 19.0. The maximum absolute atomic E-state index is 13.5. The molecule has 0 spiro atoms. The molecular weight excluding hydrogens is 1040 g/mol. The quantitative estimate of drug-likeness (QED) is 0.123. The second-order valence-electron chi connectivity index (χ2n) is 17.6. The van der Waals surface area contributed by atoms with E-state index < -0.39 is 0 Å². The largest absolute Gasteiger partial charge is 0.383 e. The minimum absolute atomic E-state index is 0.130. The Morgan fingerprint density at radius 2 is 1.03 bits per heavy atom. The lowest BCUT2D eigenvalue weighted by molar-refractivity contribution is 0.0600. The topological polar surface area (TPSA) is 119 Å². The lowest BCUT2D eigenvalue weighted by atomic mass is 10.0. The standard InChI is InChI=1S/2C26H25Cl2FN4O2S/c2*1-35-13-20-3-2-10-32(20)31-26(34)24-21-15-36-14-17(11-16-4-7-19(29)8-5-16)25(21)33(30-24)23-9-6-18(27)12-22(23)28/h2*4-9,11-12,20H,2-3,10,13-15H2,1H3,(H,31,34)/b2*17-11+/t2*20-/m10/s1. The molecule has 4 aliphatic heterocycles. The number of methoxy groups -OCH3 is 2. The van der Waals surface area contributed by atoms with Crippen molar-refractivity contribution >= 4 is 105 Å². The molecule has 20 heteroatoms. The highest BCUT2D eigenvalue weighted by Crippen LogP contribution is 2.41. The molecule has 2 atom stereocenters. The third kappa shape index (κ3) is 11.8. The summed E-state index contributed by atoms with van der Waals surface area (Å²) in [6.07, 6.45) is 7.90. The Morgan fingerprint density at radius 1 is 0.625 bits per heavy atom. The molecule has 2 aromatic heterocycles. The Hall–Kier alpha value is -4.72. The van der Waals surface area contributed by atoms with Crippen LogP contribution in [-0.2, 0) is 21.0 Å². The number of ether oxygens (including phenoxy) is 2. The van der Waals surface area contributed by atoms with Crippen LogP contribution in [0.5, 0.6) is 0 Å². The fourth-order valence-corrected chi connectivity index (χ4v) is 12.3. The van der Waals surface area contributed by atoms with Crippen LogP contribution in [0.15, 0.2) is 84.9 Å². The summed E-state index contributed by atoms with van der Waals surface area (Å²) in [7, 11) is 3.33. The van der Waals surface area contributed by atoms with E-state index >= 15 is 0 Å². The average molecular weight is 1090 g/mol. The zero-order valence-corrected chi connectivity index (χ0v) is 43.9. The number of thioether (sulfide) groups is 2. The molecule has 0 unspecified atom stereocenters. The van der Waals surface area contributed by atoms with Crippen molar-refractivity contribution in [1.29, 1.82) is 0 Å². The maximum atomic E-state index is 13.5. The van der Waals surface area contributed by atoms with Crippen molar-refractivity contribution < 1.29 is 27.8 Å². The van der Waals surface area contributed by atoms with E-state index in [9.17, 15) is 18.4 Å². The van der Waals surface area contributed by atoms with E-state index in [0.29, 0.717) is 79.1 Å². The third-order valence-electron chi connectivity index (χ3n) is 12.7. The number of aromatic nitrogens is 4. The van der Waals surface area contributed by atoms with Crippen molar-refractivity contribution in [1.82, 2.24) is 40.4 Å². The lowest BCUT2D eigenvalue weighted by Crippen LogP contribution is -2.47. The molecule has 4 aliphatic rings. The highest BCUT2D eigenvalue weighted by atomic mass is 35.5. The van der Waals surface area contributed by atoms with E-state index in [4.69, 9.17) is 66.1 Å². The van der Waals surface area contributed by atoms with Crippen LogP contribution in [0.2, 0.25) is 20.1 Å². The van der Waals surface area contributed by atoms with Crippen molar-refractivity contribution in [3.05, 3.63) is 162 Å². The summed E-state index contributed by atoms with van der Waals surface area (Å²) in [5, 5.41) is 15.3. The van der Waals surface area contributed by atoms with Gasteiger partial charge in [0.1, 0.15) is 11.6 Å². The molecule has 2 N–H and O–H groups in total. The van der Waals surface area contributed by atoms with Crippen LogP contribution in [0, 0.1) is 11.6 Å². The van der Waals surface area contributed by atoms with Crippen molar-refractivity contribution in [3.8, 4) is 11.4 Å². The number of nitrogens with one attached hydrogen (secondary N) is 2. The molecule has 2 amide bonds. The number of amides is 2. The zero-order chi connectivity index (χ0) is 50.5. The van der Waals surface area contributed by atoms with E-state index in [1.807, 2.05) is 22.2 Å². The number of hydrogen-bond donors (Lipinski definition) is 2. The highest BCUT2D eigenvalue weighted by molar-refractivity contribution is 7.99. The van der Waals surface area contributed by atoms with Crippen LogP contribution in [0.25, 0.3) is 34.7 Å². The van der Waals surface area contributed by atoms with Gasteiger partial charge in [0, 0.05) is 71.5 Å². The number of benzene rings is 4. The molecule has 0 bridgehead atoms. The van der Waals surface area contributed by atoms with Gasteiger partial charge < -0.3 is 9.47 Å². The minimum Gasteiger partial charge on any atom is -0.383 e. The first-order valence-corrected chi connectivity index (χ1v) is 27.1. The van der Waals surface area contributed by atoms with Crippen LogP contribution in [0.3, 0.4) is 0 Å². The number of nitrogens with zero attached hydrogens (tertiary/aromatic N) is 6. The first kappa shape index (κ1) is 52.2. The number of hydrazine groups is 2. The molecule has 0 aliphatic carbocycles. The van der Waals surface area contributed by atoms with Crippen LogP contribution in [0.4, 0.5) is 8.78 Å². The highest BCUT2D eigenvalue weighted by Gasteiger charge is 2.34. The predicted octanol–water partition coefficient (Wildman–Crippen LogP) is 11.7. The van der Waals surface area contributed by atoms with E-state index in [1.165, 1.54) is 24.3 Å². The van der Waals surface area contributed by atoms with Crippen molar-refractivity contribution in [2.75, 3.05) is 52.0 Å². The van der Waals surface area contributed by atoms with Gasteiger partial charge in [-0.1, -0.05) is 70.7 Å². The van der Waals surface area contributed by atoms with Gasteiger partial charge in [0.15, 0.2) is 11.4 Å². The SMILES string of the molecule is COC[C@@H]1CCCN1NC(=O)c1nn(-c2ccc(Cl)cc2Cl)c2c1CSC/C2=C\c1ccc(F)cc1.COC[C@H]1CCCN1NC(=O)c1nn(-c2ccc(Cl)cc2Cl)c2c1CSC/C2=C\c1ccc(F)cc1. The Labute approximate surface area is 444 Å². The number of fused-ring (bicyclic) bond motifs is 2. The van der Waals surface area contributed by atoms with Crippen LogP contribution in [-0.4, -0.2) is 106 Å². The van der Waals surface area contributed by atoms with Gasteiger partial charge in [-0.15, -0.1) is 0 Å². The number of hydrogen-bond acceptors (Lipinski definition) is 10. The molecule has 6 heterocycles. The Bertz CT molecular complexity index is 2830. The van der Waals surface area contributed by atoms with Crippen molar-refractivity contribution in [2.45, 2.75) is 49.3 Å². The first-order valence-electron chi connectivity index (χ1n) is 23.2. The fraction of sp³-hybridized carbons (Fsp3) is 0.308. The van der Waals surface area contributed by atoms with Crippen LogP contribution in [0.1, 0.15) is 80.3 Å². The summed E-state index contributed by atoms with van der Waals surface area (Å²) in [5.74, 6) is 1.58. The van der Waals surface area contributed by atoms with Gasteiger partial charge in [0.25, 0.3) is 11.8 Å². The summed E-state index contributed by atoms with van der Waals surface area (Å²) in [5.41, 5.74) is 15.1. The molecule has 2 saturated heterocycles. The molecule has 72 heavy (non-hydrogen) atoms. The van der Waals surface area contributed by atoms with Gasteiger partial charge in [-0.05, 0) is 121 Å². The van der Waals surface area contributed by atoms with E-state index in [1.54, 1.807) is 108 Å². The summed E-state index contributed by atoms with van der Waals surface area (Å²) in [4.78, 5) is 27.0. The molecule has 4 aromatic carbocycles. The van der Waals surface area contributed by atoms with Crippen LogP contribution < -0.4 is 10.9 Å². The van der Waals surface area contributed by atoms with Gasteiger partial charge in [0.05, 0.1) is 58.1 Å². The summed E-state index contributed by atoms with van der Waals surface area (Å²) < 4.78 is 41.1. The number of halogens is 6. The second-order valence-corrected chi connectivity index (χ2v) is 21.2. The second kappa shape index (κ2) is 23.7. The molecule has 12 nitrogen and oxygen atoms in total. The molecule has 376 valence electrons. The lowest BCUT2D eigenvalue weighted by Gasteiger charge is -2.24.